The molecule has 1 aromatic carbocycles. The summed E-state index contributed by atoms with van der Waals surface area (Å²) in [4.78, 5) is 34.0. The standard InChI is InChI=1S/C24H24ClFN4O3/c1-14(2)24(32)29-16-3-4-18(19(26)10-16)15-5-7-28-22(9-15)33-17-6-8-30(13-17)20-11-27-12-21(31)23(20)25/h3-5,7,9-11,14,17H,6,8,12-13H2,1-2H3,(H,29,32)/t17-/m1/s1. The number of ether oxygens (including phenoxy) is 1. The van der Waals surface area contributed by atoms with Gasteiger partial charge in [0, 0.05) is 48.6 Å². The second-order valence-electron chi connectivity index (χ2n) is 8.29. The molecule has 4 rings (SSSR count). The number of hydrogen-bond acceptors (Lipinski definition) is 6. The molecule has 0 spiro atoms. The van der Waals surface area contributed by atoms with Crippen LogP contribution in [0, 0.1) is 11.7 Å². The number of rotatable bonds is 6. The summed E-state index contributed by atoms with van der Waals surface area (Å²) in [6, 6.07) is 7.98. The summed E-state index contributed by atoms with van der Waals surface area (Å²) in [5, 5.41) is 2.90. The zero-order chi connectivity index (χ0) is 23.5. The van der Waals surface area contributed by atoms with Crippen molar-refractivity contribution in [3.63, 3.8) is 0 Å². The van der Waals surface area contributed by atoms with Crippen LogP contribution >= 0.6 is 11.6 Å². The first-order valence-corrected chi connectivity index (χ1v) is 11.1. The molecule has 1 atom stereocenters. The summed E-state index contributed by atoms with van der Waals surface area (Å²) in [6.45, 7) is 4.84. The molecule has 172 valence electrons. The molecule has 1 aromatic heterocycles. The highest BCUT2D eigenvalue weighted by molar-refractivity contribution is 6.44. The fourth-order valence-corrected chi connectivity index (χ4v) is 3.90. The van der Waals surface area contributed by atoms with Crippen molar-refractivity contribution < 1.29 is 18.7 Å². The molecule has 3 heterocycles. The van der Waals surface area contributed by atoms with E-state index in [1.165, 1.54) is 6.07 Å². The highest BCUT2D eigenvalue weighted by Crippen LogP contribution is 2.29. The minimum absolute atomic E-state index is 0.0778. The Morgan fingerprint density at radius 2 is 2.12 bits per heavy atom. The van der Waals surface area contributed by atoms with Crippen molar-refractivity contribution >= 4 is 35.2 Å². The van der Waals surface area contributed by atoms with Gasteiger partial charge in [-0.15, -0.1) is 0 Å². The van der Waals surface area contributed by atoms with Gasteiger partial charge in [-0.1, -0.05) is 25.4 Å². The van der Waals surface area contributed by atoms with Gasteiger partial charge in [0.1, 0.15) is 23.5 Å². The number of hydrogen-bond donors (Lipinski definition) is 1. The van der Waals surface area contributed by atoms with Gasteiger partial charge in [0.25, 0.3) is 0 Å². The average Bonchev–Trinajstić information content (AvgIpc) is 3.24. The predicted molar refractivity (Wildman–Crippen MR) is 125 cm³/mol. The number of halogens is 2. The normalized spacial score (nSPS) is 18.3. The van der Waals surface area contributed by atoms with E-state index in [1.807, 2.05) is 4.90 Å². The molecule has 0 radical (unpaired) electrons. The van der Waals surface area contributed by atoms with Crippen molar-refractivity contribution in [1.29, 1.82) is 0 Å². The number of carbonyl (C=O) groups is 2. The van der Waals surface area contributed by atoms with Crippen LogP contribution in [-0.4, -0.2) is 53.5 Å². The second-order valence-corrected chi connectivity index (χ2v) is 8.67. The van der Waals surface area contributed by atoms with E-state index < -0.39 is 5.82 Å². The van der Waals surface area contributed by atoms with E-state index in [4.69, 9.17) is 16.3 Å². The highest BCUT2D eigenvalue weighted by Gasteiger charge is 2.29. The number of amides is 1. The minimum Gasteiger partial charge on any atom is -0.472 e. The molecule has 2 aliphatic rings. The van der Waals surface area contributed by atoms with Crippen molar-refractivity contribution in [3.05, 3.63) is 53.1 Å². The molecule has 0 aliphatic carbocycles. The maximum Gasteiger partial charge on any atom is 0.226 e. The first kappa shape index (κ1) is 22.9. The zero-order valence-corrected chi connectivity index (χ0v) is 19.1. The first-order valence-electron chi connectivity index (χ1n) is 10.7. The lowest BCUT2D eigenvalue weighted by Crippen LogP contribution is -2.28. The van der Waals surface area contributed by atoms with Crippen LogP contribution in [0.15, 0.2) is 52.3 Å². The van der Waals surface area contributed by atoms with Crippen LogP contribution in [0.5, 0.6) is 5.88 Å². The number of ketones is 1. The monoisotopic (exact) mass is 470 g/mol. The lowest BCUT2D eigenvalue weighted by molar-refractivity contribution is -0.119. The largest absolute Gasteiger partial charge is 0.472 e. The lowest BCUT2D eigenvalue weighted by Gasteiger charge is -2.22. The SMILES string of the molecule is CC(C)C(=O)Nc1ccc(-c2ccnc(O[C@@H]3CCN(C4=C(Cl)C(=O)CN=C4)C3)c2)c(F)c1. The van der Waals surface area contributed by atoms with Crippen LogP contribution in [0.3, 0.4) is 0 Å². The average molecular weight is 471 g/mol. The molecule has 1 N–H and O–H groups in total. The number of nitrogens with zero attached hydrogens (tertiary/aromatic N) is 3. The minimum atomic E-state index is -0.455. The summed E-state index contributed by atoms with van der Waals surface area (Å²) < 4.78 is 20.8. The fraction of sp³-hybridized carbons (Fsp3) is 0.333. The van der Waals surface area contributed by atoms with E-state index >= 15 is 0 Å². The van der Waals surface area contributed by atoms with Gasteiger partial charge in [0.05, 0.1) is 12.2 Å². The molecular weight excluding hydrogens is 447 g/mol. The number of aliphatic imine (C=N–C) groups is 1. The second kappa shape index (κ2) is 9.70. The summed E-state index contributed by atoms with van der Waals surface area (Å²) >= 11 is 6.16. The number of pyridine rings is 1. The molecular formula is C24H24ClFN4O3. The number of dihydropyridines is 1. The van der Waals surface area contributed by atoms with Crippen LogP contribution < -0.4 is 10.1 Å². The number of allylic oxidation sites excluding steroid dienone is 1. The van der Waals surface area contributed by atoms with Crippen molar-refractivity contribution in [1.82, 2.24) is 9.88 Å². The van der Waals surface area contributed by atoms with E-state index in [-0.39, 0.29) is 35.3 Å². The molecule has 7 nitrogen and oxygen atoms in total. The molecule has 9 heteroatoms. The maximum absolute atomic E-state index is 14.8. The van der Waals surface area contributed by atoms with Gasteiger partial charge in [-0.3, -0.25) is 14.6 Å². The van der Waals surface area contributed by atoms with Gasteiger partial charge in [-0.05, 0) is 29.8 Å². The molecule has 33 heavy (non-hydrogen) atoms. The molecule has 0 unspecified atom stereocenters. The lowest BCUT2D eigenvalue weighted by atomic mass is 10.1. The zero-order valence-electron chi connectivity index (χ0n) is 18.3. The van der Waals surface area contributed by atoms with Crippen LogP contribution in [-0.2, 0) is 9.59 Å². The number of carbonyl (C=O) groups excluding carboxylic acids is 2. The molecule has 0 saturated carbocycles. The summed E-state index contributed by atoms with van der Waals surface area (Å²) in [6.07, 6.45) is 3.76. The van der Waals surface area contributed by atoms with E-state index in [2.05, 4.69) is 15.3 Å². The molecule has 1 fully saturated rings. The number of anilines is 1. The quantitative estimate of drug-likeness (QED) is 0.688. The third kappa shape index (κ3) is 5.22. The third-order valence-corrected chi connectivity index (χ3v) is 5.90. The number of benzene rings is 1. The predicted octanol–water partition coefficient (Wildman–Crippen LogP) is 4.04. The highest BCUT2D eigenvalue weighted by atomic mass is 35.5. The number of likely N-dealkylation sites (tertiary alicyclic amines) is 1. The van der Waals surface area contributed by atoms with Gasteiger partial charge in [-0.25, -0.2) is 9.37 Å². The van der Waals surface area contributed by atoms with Crippen molar-refractivity contribution in [2.75, 3.05) is 25.0 Å². The number of aromatic nitrogens is 1. The van der Waals surface area contributed by atoms with Gasteiger partial charge in [0.2, 0.25) is 11.8 Å². The first-order chi connectivity index (χ1) is 15.8. The molecule has 0 bridgehead atoms. The van der Waals surface area contributed by atoms with Crippen LogP contribution in [0.4, 0.5) is 10.1 Å². The van der Waals surface area contributed by atoms with Crippen molar-refractivity contribution in [3.8, 4) is 17.0 Å². The van der Waals surface area contributed by atoms with E-state index in [9.17, 15) is 14.0 Å². The Hall–Kier alpha value is -3.26. The number of nitrogens with one attached hydrogen (secondary N) is 1. The molecule has 2 aliphatic heterocycles. The Kier molecular flexibility index (Phi) is 6.74. The van der Waals surface area contributed by atoms with Crippen LogP contribution in [0.25, 0.3) is 11.1 Å². The third-order valence-electron chi connectivity index (χ3n) is 5.50. The summed E-state index contributed by atoms with van der Waals surface area (Å²) in [7, 11) is 0. The number of Topliss-reactive ketones (excluding diaryl/α,β-unsaturated/α-hetero) is 1. The maximum atomic E-state index is 14.8. The van der Waals surface area contributed by atoms with E-state index in [0.717, 1.165) is 6.42 Å². The van der Waals surface area contributed by atoms with Gasteiger partial charge < -0.3 is 15.0 Å². The summed E-state index contributed by atoms with van der Waals surface area (Å²) in [5.74, 6) is -0.636. The Morgan fingerprint density at radius 1 is 1.30 bits per heavy atom. The molecule has 1 amide bonds. The molecule has 1 saturated heterocycles. The topological polar surface area (TPSA) is 83.9 Å². The van der Waals surface area contributed by atoms with Gasteiger partial charge >= 0.3 is 0 Å². The molecule has 2 aromatic rings. The van der Waals surface area contributed by atoms with Gasteiger partial charge in [-0.2, -0.15) is 0 Å². The van der Waals surface area contributed by atoms with Crippen molar-refractivity contribution in [2.45, 2.75) is 26.4 Å². The Labute approximate surface area is 196 Å². The van der Waals surface area contributed by atoms with Crippen LogP contribution in [0.2, 0.25) is 0 Å². The van der Waals surface area contributed by atoms with E-state index in [1.54, 1.807) is 50.5 Å². The Bertz CT molecular complexity index is 1150. The van der Waals surface area contributed by atoms with Crippen LogP contribution in [0.1, 0.15) is 20.3 Å². The smallest absolute Gasteiger partial charge is 0.226 e. The Balaban J connectivity index is 1.45. The van der Waals surface area contributed by atoms with E-state index in [0.29, 0.717) is 41.5 Å². The van der Waals surface area contributed by atoms with Gasteiger partial charge in [0.15, 0.2) is 5.78 Å². The summed E-state index contributed by atoms with van der Waals surface area (Å²) in [5.41, 5.74) is 2.02. The van der Waals surface area contributed by atoms with Crippen molar-refractivity contribution in [2.24, 2.45) is 10.9 Å². The Morgan fingerprint density at radius 3 is 2.88 bits per heavy atom. The fourth-order valence-electron chi connectivity index (χ4n) is 3.67.